The molecule has 1 aromatic heterocycles. The van der Waals surface area contributed by atoms with Crippen molar-refractivity contribution in [2.45, 2.75) is 27.3 Å². The summed E-state index contributed by atoms with van der Waals surface area (Å²) >= 11 is 0. The van der Waals surface area contributed by atoms with Crippen LogP contribution in [0.1, 0.15) is 19.7 Å². The molecule has 1 atom stereocenters. The van der Waals surface area contributed by atoms with Crippen LogP contribution < -0.4 is 5.73 Å². The summed E-state index contributed by atoms with van der Waals surface area (Å²) in [6.45, 7) is 9.86. The fourth-order valence-electron chi connectivity index (χ4n) is 1.75. The van der Waals surface area contributed by atoms with Crippen molar-refractivity contribution in [1.82, 2.24) is 14.5 Å². The number of nitrogens with two attached hydrogens (primary N) is 1. The highest BCUT2D eigenvalue weighted by atomic mass is 15.2. The van der Waals surface area contributed by atoms with E-state index in [1.807, 2.05) is 26.2 Å². The minimum Gasteiger partial charge on any atom is -0.387 e. The molecule has 0 saturated carbocycles. The Morgan fingerprint density at radius 2 is 2.35 bits per heavy atom. The molecule has 0 aliphatic rings. The lowest BCUT2D eigenvalue weighted by Crippen LogP contribution is -2.36. The summed E-state index contributed by atoms with van der Waals surface area (Å²) in [5.74, 6) is 1.43. The van der Waals surface area contributed by atoms with Crippen molar-refractivity contribution in [2.75, 3.05) is 19.6 Å². The largest absolute Gasteiger partial charge is 0.387 e. The molecule has 1 unspecified atom stereocenters. The number of aryl methyl sites for hydroxylation is 1. The van der Waals surface area contributed by atoms with Crippen LogP contribution in [0.2, 0.25) is 0 Å². The molecule has 3 N–H and O–H groups in total. The lowest BCUT2D eigenvalue weighted by Gasteiger charge is -2.24. The lowest BCUT2D eigenvalue weighted by molar-refractivity contribution is 0.260. The minimum absolute atomic E-state index is 0.124. The number of amidine groups is 1. The summed E-state index contributed by atoms with van der Waals surface area (Å²) in [4.78, 5) is 6.51. The maximum absolute atomic E-state index is 7.41. The maximum Gasteiger partial charge on any atom is 0.105 e. The third kappa shape index (κ3) is 4.19. The number of aromatic nitrogens is 2. The van der Waals surface area contributed by atoms with Crippen LogP contribution in [0.25, 0.3) is 0 Å². The van der Waals surface area contributed by atoms with E-state index in [4.69, 9.17) is 11.1 Å². The average Bonchev–Trinajstić information content (AvgIpc) is 2.69. The molecule has 1 rings (SSSR count). The minimum atomic E-state index is 0.124. The first-order chi connectivity index (χ1) is 8.04. The summed E-state index contributed by atoms with van der Waals surface area (Å²) in [7, 11) is 0. The first kappa shape index (κ1) is 13.7. The van der Waals surface area contributed by atoms with Crippen molar-refractivity contribution < 1.29 is 0 Å². The molecule has 0 spiro atoms. The Hall–Kier alpha value is -1.36. The van der Waals surface area contributed by atoms with Crippen LogP contribution in [-0.4, -0.2) is 39.9 Å². The molecule has 0 amide bonds. The van der Waals surface area contributed by atoms with E-state index in [1.165, 1.54) is 0 Å². The number of hydrogen-bond acceptors (Lipinski definition) is 3. The smallest absolute Gasteiger partial charge is 0.105 e. The van der Waals surface area contributed by atoms with E-state index < -0.39 is 0 Å². The fourth-order valence-corrected chi connectivity index (χ4v) is 1.75. The van der Waals surface area contributed by atoms with Crippen LogP contribution in [0.4, 0.5) is 0 Å². The van der Waals surface area contributed by atoms with Gasteiger partial charge in [-0.2, -0.15) is 0 Å². The van der Waals surface area contributed by atoms with Crippen molar-refractivity contribution in [1.29, 1.82) is 5.41 Å². The Balaban J connectivity index is 2.42. The molecule has 0 saturated heterocycles. The Kier molecular flexibility index (Phi) is 5.15. The van der Waals surface area contributed by atoms with Gasteiger partial charge < -0.3 is 15.2 Å². The van der Waals surface area contributed by atoms with Crippen molar-refractivity contribution in [3.05, 3.63) is 18.2 Å². The van der Waals surface area contributed by atoms with Crippen LogP contribution >= 0.6 is 0 Å². The summed E-state index contributed by atoms with van der Waals surface area (Å²) in [6, 6.07) is 0. The zero-order valence-electron chi connectivity index (χ0n) is 11.0. The third-order valence-corrected chi connectivity index (χ3v) is 3.09. The second kappa shape index (κ2) is 6.39. The number of imidazole rings is 1. The molecule has 17 heavy (non-hydrogen) atoms. The number of nitrogens with zero attached hydrogens (tertiary/aromatic N) is 3. The Morgan fingerprint density at radius 1 is 1.65 bits per heavy atom. The predicted octanol–water partition coefficient (Wildman–Crippen LogP) is 1.09. The van der Waals surface area contributed by atoms with Gasteiger partial charge in [0.05, 0.1) is 5.84 Å². The second-order valence-electron chi connectivity index (χ2n) is 4.42. The lowest BCUT2D eigenvalue weighted by atomic mass is 10.1. The van der Waals surface area contributed by atoms with E-state index in [0.717, 1.165) is 32.0 Å². The molecule has 5 heteroatoms. The van der Waals surface area contributed by atoms with Gasteiger partial charge in [-0.05, 0) is 13.5 Å². The first-order valence-electron chi connectivity index (χ1n) is 6.08. The summed E-state index contributed by atoms with van der Waals surface area (Å²) in [5, 5.41) is 7.41. The van der Waals surface area contributed by atoms with E-state index in [1.54, 1.807) is 0 Å². The number of hydrogen-bond donors (Lipinski definition) is 2. The molecular formula is C12H23N5. The predicted molar refractivity (Wildman–Crippen MR) is 70.2 cm³/mol. The van der Waals surface area contributed by atoms with Gasteiger partial charge in [-0.25, -0.2) is 4.98 Å². The van der Waals surface area contributed by atoms with Gasteiger partial charge in [-0.15, -0.1) is 0 Å². The van der Waals surface area contributed by atoms with Crippen molar-refractivity contribution in [2.24, 2.45) is 11.7 Å². The summed E-state index contributed by atoms with van der Waals surface area (Å²) in [6.07, 6.45) is 3.82. The third-order valence-electron chi connectivity index (χ3n) is 3.09. The number of rotatable bonds is 7. The molecule has 0 fully saturated rings. The van der Waals surface area contributed by atoms with Crippen LogP contribution in [-0.2, 0) is 6.54 Å². The average molecular weight is 237 g/mol. The highest BCUT2D eigenvalue weighted by Gasteiger charge is 2.11. The van der Waals surface area contributed by atoms with Gasteiger partial charge in [-0.3, -0.25) is 5.41 Å². The first-order valence-corrected chi connectivity index (χ1v) is 6.08. The van der Waals surface area contributed by atoms with Crippen LogP contribution in [0.15, 0.2) is 12.4 Å². The highest BCUT2D eigenvalue weighted by molar-refractivity contribution is 5.79. The van der Waals surface area contributed by atoms with Gasteiger partial charge in [-0.1, -0.05) is 13.8 Å². The summed E-state index contributed by atoms with van der Waals surface area (Å²) < 4.78 is 2.14. The van der Waals surface area contributed by atoms with Gasteiger partial charge in [0.15, 0.2) is 0 Å². The fraction of sp³-hybridized carbons (Fsp3) is 0.667. The van der Waals surface area contributed by atoms with Crippen molar-refractivity contribution in [3.63, 3.8) is 0 Å². The number of nitrogens with one attached hydrogen (secondary N) is 1. The topological polar surface area (TPSA) is 70.9 Å². The highest BCUT2D eigenvalue weighted by Crippen LogP contribution is 2.01. The molecule has 0 aliphatic heterocycles. The Bertz CT molecular complexity index is 358. The standard InChI is InChI=1S/C12H23N5/c1-4-16(9-10(2)12(13)14)7-8-17-6-5-15-11(17)3/h5-6,10H,4,7-9H2,1-3H3,(H3,13,14). The van der Waals surface area contributed by atoms with E-state index >= 15 is 0 Å². The van der Waals surface area contributed by atoms with E-state index in [9.17, 15) is 0 Å². The molecular weight excluding hydrogens is 214 g/mol. The zero-order chi connectivity index (χ0) is 12.8. The molecule has 5 nitrogen and oxygen atoms in total. The SMILES string of the molecule is CCN(CCn1ccnc1C)CC(C)C(=N)N. The van der Waals surface area contributed by atoms with Gasteiger partial charge in [0.1, 0.15) is 5.82 Å². The summed E-state index contributed by atoms with van der Waals surface area (Å²) in [5.41, 5.74) is 5.50. The Morgan fingerprint density at radius 3 is 2.82 bits per heavy atom. The maximum atomic E-state index is 7.41. The molecule has 0 radical (unpaired) electrons. The van der Waals surface area contributed by atoms with E-state index in [0.29, 0.717) is 0 Å². The molecule has 1 heterocycles. The van der Waals surface area contributed by atoms with Crippen LogP contribution in [0, 0.1) is 18.3 Å². The van der Waals surface area contributed by atoms with Crippen molar-refractivity contribution >= 4 is 5.84 Å². The van der Waals surface area contributed by atoms with E-state index in [-0.39, 0.29) is 11.8 Å². The molecule has 0 aliphatic carbocycles. The van der Waals surface area contributed by atoms with Crippen LogP contribution in [0.3, 0.4) is 0 Å². The molecule has 1 aromatic rings. The monoisotopic (exact) mass is 237 g/mol. The van der Waals surface area contributed by atoms with E-state index in [2.05, 4.69) is 21.4 Å². The van der Waals surface area contributed by atoms with Gasteiger partial charge in [0, 0.05) is 37.9 Å². The molecule has 0 aromatic carbocycles. The van der Waals surface area contributed by atoms with Crippen molar-refractivity contribution in [3.8, 4) is 0 Å². The second-order valence-corrected chi connectivity index (χ2v) is 4.42. The normalized spacial score (nSPS) is 12.9. The quantitative estimate of drug-likeness (QED) is 0.551. The zero-order valence-corrected chi connectivity index (χ0v) is 11.0. The molecule has 96 valence electrons. The Labute approximate surface area is 103 Å². The van der Waals surface area contributed by atoms with Gasteiger partial charge in [0.2, 0.25) is 0 Å². The van der Waals surface area contributed by atoms with Gasteiger partial charge in [0.25, 0.3) is 0 Å². The van der Waals surface area contributed by atoms with Gasteiger partial charge >= 0.3 is 0 Å². The molecule has 0 bridgehead atoms. The van der Waals surface area contributed by atoms with Crippen LogP contribution in [0.5, 0.6) is 0 Å². The number of likely N-dealkylation sites (N-methyl/N-ethyl adjacent to an activating group) is 1.